The molecule has 0 aliphatic heterocycles. The molecule has 0 aromatic carbocycles. The third kappa shape index (κ3) is 7.02. The van der Waals surface area contributed by atoms with Crippen LogP contribution in [0, 0.1) is 24.7 Å². The summed E-state index contributed by atoms with van der Waals surface area (Å²) in [5, 5.41) is 0. The van der Waals surface area contributed by atoms with Crippen LogP contribution in [0.25, 0.3) is 0 Å². The van der Waals surface area contributed by atoms with Crippen LogP contribution in [0.15, 0.2) is 11.8 Å². The topological polar surface area (TPSA) is 18.5 Å². The molecule has 0 heterocycles. The first-order valence-corrected chi connectivity index (χ1v) is 7.35. The van der Waals surface area contributed by atoms with Crippen molar-refractivity contribution < 1.29 is 8.85 Å². The van der Waals surface area contributed by atoms with E-state index >= 15 is 0 Å². The monoisotopic (exact) mass is 250 g/mol. The van der Waals surface area contributed by atoms with Crippen molar-refractivity contribution in [3.8, 4) is 24.7 Å². The van der Waals surface area contributed by atoms with Crippen molar-refractivity contribution in [2.45, 2.75) is 52.2 Å². The molecule has 0 fully saturated rings. The van der Waals surface area contributed by atoms with Crippen molar-refractivity contribution in [3.63, 3.8) is 0 Å². The van der Waals surface area contributed by atoms with Crippen molar-refractivity contribution in [2.24, 2.45) is 0 Å². The highest BCUT2D eigenvalue weighted by Gasteiger charge is 2.27. The van der Waals surface area contributed by atoms with Crippen molar-refractivity contribution in [2.75, 3.05) is 0 Å². The van der Waals surface area contributed by atoms with E-state index in [0.717, 1.165) is 6.42 Å². The fourth-order valence-corrected chi connectivity index (χ4v) is 3.00. The van der Waals surface area contributed by atoms with Crippen LogP contribution in [0.3, 0.4) is 0 Å². The van der Waals surface area contributed by atoms with Gasteiger partial charge in [0.1, 0.15) is 11.2 Å². The molecule has 0 aliphatic rings. The van der Waals surface area contributed by atoms with E-state index in [1.165, 1.54) is 0 Å². The molecule has 2 nitrogen and oxygen atoms in total. The first-order chi connectivity index (χ1) is 7.76. The summed E-state index contributed by atoms with van der Waals surface area (Å²) in [5.74, 6) is 5.20. The summed E-state index contributed by atoms with van der Waals surface area (Å²) in [6.45, 7) is 9.44. The Labute approximate surface area is 107 Å². The van der Waals surface area contributed by atoms with Crippen LogP contribution in [0.1, 0.15) is 41.0 Å². The first kappa shape index (κ1) is 16.0. The third-order valence-corrected chi connectivity index (χ3v) is 4.28. The minimum absolute atomic E-state index is 0.625. The first-order valence-electron chi connectivity index (χ1n) is 5.74. The van der Waals surface area contributed by atoms with Gasteiger partial charge in [-0.25, -0.2) is 0 Å². The Morgan fingerprint density at radius 2 is 1.47 bits per heavy atom. The van der Waals surface area contributed by atoms with Gasteiger partial charge in [-0.1, -0.05) is 24.8 Å². The molecule has 0 rings (SSSR count). The lowest BCUT2D eigenvalue weighted by Crippen LogP contribution is -2.39. The molecule has 94 valence electrons. The summed E-state index contributed by atoms with van der Waals surface area (Å²) in [7, 11) is -2.00. The fourth-order valence-electron chi connectivity index (χ4n) is 0.999. The molecule has 0 aromatic rings. The maximum Gasteiger partial charge on any atom is 0.350 e. The smallest absolute Gasteiger partial charge is 0.350 e. The minimum Gasteiger partial charge on any atom is -0.377 e. The van der Waals surface area contributed by atoms with Crippen molar-refractivity contribution in [1.82, 2.24) is 0 Å². The van der Waals surface area contributed by atoms with Crippen LogP contribution < -0.4 is 0 Å². The molecule has 0 radical (unpaired) electrons. The highest BCUT2D eigenvalue weighted by Crippen LogP contribution is 2.16. The van der Waals surface area contributed by atoms with Crippen LogP contribution in [-0.4, -0.2) is 20.5 Å². The Morgan fingerprint density at radius 1 is 1.06 bits per heavy atom. The van der Waals surface area contributed by atoms with E-state index in [9.17, 15) is 0 Å². The highest BCUT2D eigenvalue weighted by molar-refractivity contribution is 6.51. The molecule has 0 aromatic heterocycles. The van der Waals surface area contributed by atoms with Gasteiger partial charge in [-0.2, -0.15) is 0 Å². The minimum atomic E-state index is -2.00. The summed E-state index contributed by atoms with van der Waals surface area (Å²) in [5.41, 5.74) is 0.720. The zero-order chi connectivity index (χ0) is 13.5. The van der Waals surface area contributed by atoms with E-state index in [1.807, 2.05) is 39.5 Å². The van der Waals surface area contributed by atoms with Gasteiger partial charge in [-0.15, -0.1) is 12.8 Å². The molecule has 0 saturated carbocycles. The summed E-state index contributed by atoms with van der Waals surface area (Å²) < 4.78 is 11.7. The van der Waals surface area contributed by atoms with Gasteiger partial charge in [0.2, 0.25) is 0 Å². The average molecular weight is 250 g/mol. The normalized spacial score (nSPS) is 12.7. The second kappa shape index (κ2) is 6.66. The molecule has 17 heavy (non-hydrogen) atoms. The van der Waals surface area contributed by atoms with Crippen LogP contribution in [-0.2, 0) is 8.85 Å². The largest absolute Gasteiger partial charge is 0.377 e. The van der Waals surface area contributed by atoms with Gasteiger partial charge in [0, 0.05) is 0 Å². The van der Waals surface area contributed by atoms with E-state index < -0.39 is 20.5 Å². The molecule has 0 bridgehead atoms. The third-order valence-electron chi connectivity index (χ3n) is 2.05. The average Bonchev–Trinajstić information content (AvgIpc) is 2.25. The van der Waals surface area contributed by atoms with Gasteiger partial charge in [0.05, 0.1) is 0 Å². The second-order valence-corrected chi connectivity index (χ2v) is 6.34. The van der Waals surface area contributed by atoms with Gasteiger partial charge >= 0.3 is 9.28 Å². The van der Waals surface area contributed by atoms with E-state index in [4.69, 9.17) is 21.7 Å². The number of hydrogen-bond donors (Lipinski definition) is 0. The Morgan fingerprint density at radius 3 is 1.76 bits per heavy atom. The quantitative estimate of drug-likeness (QED) is 0.533. The van der Waals surface area contributed by atoms with Crippen molar-refractivity contribution in [1.29, 1.82) is 0 Å². The molecule has 0 aliphatic carbocycles. The van der Waals surface area contributed by atoms with Gasteiger partial charge < -0.3 is 8.85 Å². The molecule has 0 saturated heterocycles. The highest BCUT2D eigenvalue weighted by atomic mass is 28.3. The predicted molar refractivity (Wildman–Crippen MR) is 74.6 cm³/mol. The zero-order valence-corrected chi connectivity index (χ0v) is 12.6. The number of rotatable bonds is 6. The van der Waals surface area contributed by atoms with Crippen LogP contribution in [0.4, 0.5) is 0 Å². The van der Waals surface area contributed by atoms with Gasteiger partial charge in [-0.3, -0.25) is 0 Å². The van der Waals surface area contributed by atoms with Crippen LogP contribution >= 0.6 is 0 Å². The van der Waals surface area contributed by atoms with Crippen LogP contribution in [0.5, 0.6) is 0 Å². The molecule has 0 amide bonds. The van der Waals surface area contributed by atoms with E-state index in [-0.39, 0.29) is 0 Å². The standard InChI is InChI=1S/C14H22O2Si/c1-8-11-12-17(15-13(4,5)9-2)16-14(6,7)10-3/h2-3,11-12,17H,8H2,1,4-7H3. The van der Waals surface area contributed by atoms with E-state index in [1.54, 1.807) is 0 Å². The van der Waals surface area contributed by atoms with Gasteiger partial charge in [0.15, 0.2) is 0 Å². The maximum atomic E-state index is 5.83. The summed E-state index contributed by atoms with van der Waals surface area (Å²) in [6, 6.07) is 0. The van der Waals surface area contributed by atoms with Crippen LogP contribution in [0.2, 0.25) is 0 Å². The van der Waals surface area contributed by atoms with Gasteiger partial charge in [-0.05, 0) is 39.8 Å². The zero-order valence-electron chi connectivity index (χ0n) is 11.4. The maximum absolute atomic E-state index is 5.83. The lowest BCUT2D eigenvalue weighted by atomic mass is 10.2. The van der Waals surface area contributed by atoms with Crippen molar-refractivity contribution in [3.05, 3.63) is 11.8 Å². The Kier molecular flexibility index (Phi) is 6.27. The van der Waals surface area contributed by atoms with E-state index in [0.29, 0.717) is 0 Å². The van der Waals surface area contributed by atoms with Gasteiger partial charge in [0.25, 0.3) is 0 Å². The Bertz CT molecular complexity index is 314. The molecule has 0 atom stereocenters. The fraction of sp³-hybridized carbons (Fsp3) is 0.571. The number of hydrogen-bond acceptors (Lipinski definition) is 2. The number of terminal acetylenes is 2. The lowest BCUT2D eigenvalue weighted by Gasteiger charge is -2.29. The molecule has 3 heteroatoms. The molecular formula is C14H22O2Si. The summed E-state index contributed by atoms with van der Waals surface area (Å²) in [4.78, 5) is 0. The van der Waals surface area contributed by atoms with E-state index in [2.05, 4.69) is 18.8 Å². The Hall–Kier alpha value is -1.00. The SMILES string of the molecule is C#CC(C)(C)O[SiH](C=CCC)OC(C)(C)C#C. The summed E-state index contributed by atoms with van der Waals surface area (Å²) >= 11 is 0. The predicted octanol–water partition coefficient (Wildman–Crippen LogP) is 2.57. The molecular weight excluding hydrogens is 228 g/mol. The molecule has 0 N–H and O–H groups in total. The molecule has 0 spiro atoms. The second-order valence-electron chi connectivity index (χ2n) is 4.75. The van der Waals surface area contributed by atoms with Crippen molar-refractivity contribution >= 4 is 9.28 Å². The molecule has 0 unspecified atom stereocenters. The number of allylic oxidation sites excluding steroid dienone is 1. The Balaban J connectivity index is 4.75. The lowest BCUT2D eigenvalue weighted by molar-refractivity contribution is 0.0757. The summed E-state index contributed by atoms with van der Waals surface area (Å²) in [6.07, 6.45) is 13.8.